The Balaban J connectivity index is -0.0000000675. The number of halogens is 1. The Morgan fingerprint density at radius 1 is 0.714 bits per heavy atom. The molecule has 0 aromatic carbocycles. The topological polar surface area (TPSA) is 133 Å². The largest absolute Gasteiger partial charge is 1.00 e. The second-order valence-electron chi connectivity index (χ2n) is 0.953. The van der Waals surface area contributed by atoms with Gasteiger partial charge >= 0.3 is 88.7 Å². The van der Waals surface area contributed by atoms with E-state index in [4.69, 9.17) is 0 Å². The van der Waals surface area contributed by atoms with Crippen molar-refractivity contribution < 1.29 is 140 Å². The molecule has 0 aliphatic rings. The van der Waals surface area contributed by atoms with Crippen LogP contribution in [0, 0.1) is 0 Å². The van der Waals surface area contributed by atoms with Crippen molar-refractivity contribution in [2.24, 2.45) is 0 Å². The second kappa shape index (κ2) is 12.7. The second-order valence-corrected chi connectivity index (χ2v) is 2.86. The predicted octanol–water partition coefficient (Wildman–Crippen LogP) is -14.1. The Bertz CT molecular complexity index is 259. The van der Waals surface area contributed by atoms with Crippen LogP contribution in [0.15, 0.2) is 0 Å². The van der Waals surface area contributed by atoms with Crippen LogP contribution < -0.4 is 106 Å². The van der Waals surface area contributed by atoms with E-state index < -0.39 is 20.8 Å². The maximum Gasteiger partial charge on any atom is 1.00 e. The first-order valence-corrected chi connectivity index (χ1v) is 4.17. The number of hydrogen-bond acceptors (Lipinski definition) is 8. The molecule has 0 fully saturated rings. The average Bonchev–Trinajstić information content (AvgIpc) is 1.57. The summed E-state index contributed by atoms with van der Waals surface area (Å²) in [7, 11) is -10.6. The van der Waals surface area contributed by atoms with Crippen molar-refractivity contribution in [3.63, 3.8) is 0 Å². The molecule has 0 aromatic heterocycles. The molecule has 0 spiro atoms. The first kappa shape index (κ1) is 30.3. The van der Waals surface area contributed by atoms with Crippen LogP contribution >= 0.6 is 0 Å². The predicted molar refractivity (Wildman–Crippen MR) is 21.6 cm³/mol. The van der Waals surface area contributed by atoms with Crippen molar-refractivity contribution in [1.82, 2.24) is 0 Å². The fourth-order valence-corrected chi connectivity index (χ4v) is 0.612. The van der Waals surface area contributed by atoms with Crippen LogP contribution in [0.2, 0.25) is 0 Å². The van der Waals surface area contributed by atoms with E-state index in [0.29, 0.717) is 0 Å². The van der Waals surface area contributed by atoms with E-state index in [-0.39, 0.29) is 106 Å². The molecule has 0 saturated heterocycles. The van der Waals surface area contributed by atoms with Gasteiger partial charge in [-0.2, -0.15) is 0 Å². The minimum absolute atomic E-state index is 0. The summed E-state index contributed by atoms with van der Waals surface area (Å²) in [6.07, 6.45) is 0. The Morgan fingerprint density at radius 3 is 0.929 bits per heavy atom. The number of hydrogen-bond donors (Lipinski definition) is 0. The summed E-state index contributed by atoms with van der Waals surface area (Å²) < 4.78 is 61.5. The average molecular weight is 341 g/mol. The maximum absolute atomic E-state index is 9.37. The third kappa shape index (κ3) is 29.5. The minimum Gasteiger partial charge on any atom is -1.00 e. The van der Waals surface area contributed by atoms with E-state index in [1.807, 2.05) is 0 Å². The molecular formula is BrNa3O8S2. The zero-order valence-electron chi connectivity index (χ0n) is 7.46. The van der Waals surface area contributed by atoms with Crippen LogP contribution in [-0.2, 0) is 29.5 Å². The minimum atomic E-state index is -5.31. The zero-order valence-corrected chi connectivity index (χ0v) is 16.7. The fraction of sp³-hybridized carbons (Fsp3) is 0. The quantitative estimate of drug-likeness (QED) is 0.162. The molecular weight excluding hydrogens is 341 g/mol. The molecule has 0 unspecified atom stereocenters. The Hall–Kier alpha value is 3.22. The molecule has 14 heavy (non-hydrogen) atoms. The standard InChI is InChI=1S/BrH.3Na.H2O8S2/c;;;;1-9(2,3)7-8-10(4,5)6/h1H;;;;(H,1,2,3)(H,4,5,6)/q;3*+1;/p-3. The van der Waals surface area contributed by atoms with Crippen molar-refractivity contribution in [2.75, 3.05) is 0 Å². The smallest absolute Gasteiger partial charge is 1.00 e. The monoisotopic (exact) mass is 340 g/mol. The molecule has 0 saturated carbocycles. The molecule has 0 aliphatic carbocycles. The molecule has 0 radical (unpaired) electrons. The zero-order chi connectivity index (χ0) is 8.41. The molecule has 0 atom stereocenters. The van der Waals surface area contributed by atoms with Gasteiger partial charge in [0, 0.05) is 0 Å². The number of rotatable bonds is 3. The summed E-state index contributed by atoms with van der Waals surface area (Å²) in [5.41, 5.74) is 0. The molecule has 0 aliphatic heterocycles. The van der Waals surface area contributed by atoms with Crippen molar-refractivity contribution >= 4 is 20.8 Å². The van der Waals surface area contributed by atoms with Gasteiger partial charge in [-0.1, -0.05) is 0 Å². The van der Waals surface area contributed by atoms with Crippen molar-refractivity contribution in [3.05, 3.63) is 0 Å². The van der Waals surface area contributed by atoms with E-state index in [0.717, 1.165) is 0 Å². The molecule has 70 valence electrons. The van der Waals surface area contributed by atoms with Gasteiger partial charge in [0.15, 0.2) is 0 Å². The maximum atomic E-state index is 9.37. The van der Waals surface area contributed by atoms with Gasteiger partial charge in [-0.15, -0.1) is 8.67 Å². The summed E-state index contributed by atoms with van der Waals surface area (Å²) in [5.74, 6) is 0. The van der Waals surface area contributed by atoms with E-state index in [9.17, 15) is 25.9 Å². The third-order valence-corrected chi connectivity index (χ3v) is 0.750. The first-order valence-electron chi connectivity index (χ1n) is 1.50. The molecule has 0 heterocycles. The molecule has 0 rings (SSSR count). The van der Waals surface area contributed by atoms with Gasteiger partial charge in [-0.25, -0.2) is 16.8 Å². The molecule has 14 heteroatoms. The van der Waals surface area contributed by atoms with Gasteiger partial charge in [0.05, 0.1) is 0 Å². The summed E-state index contributed by atoms with van der Waals surface area (Å²) in [4.78, 5) is 0. The Labute approximate surface area is 158 Å². The molecule has 0 N–H and O–H groups in total. The summed E-state index contributed by atoms with van der Waals surface area (Å²) in [5, 5.41) is 0. The third-order valence-electron chi connectivity index (χ3n) is 0.194. The van der Waals surface area contributed by atoms with E-state index in [1.54, 1.807) is 0 Å². The van der Waals surface area contributed by atoms with E-state index in [1.165, 1.54) is 0 Å². The van der Waals surface area contributed by atoms with E-state index in [2.05, 4.69) is 8.67 Å². The van der Waals surface area contributed by atoms with Crippen LogP contribution in [0.4, 0.5) is 0 Å². The molecule has 0 amide bonds. The van der Waals surface area contributed by atoms with Gasteiger partial charge in [-0.05, 0) is 0 Å². The van der Waals surface area contributed by atoms with Gasteiger partial charge < -0.3 is 26.1 Å². The fourth-order valence-electron chi connectivity index (χ4n) is 0.0680. The van der Waals surface area contributed by atoms with Crippen LogP contribution in [0.25, 0.3) is 0 Å². The van der Waals surface area contributed by atoms with Crippen LogP contribution in [0.5, 0.6) is 0 Å². The van der Waals surface area contributed by atoms with Gasteiger partial charge in [0.25, 0.3) is 0 Å². The normalized spacial score (nSPS) is 9.57. The molecule has 0 aromatic rings. The summed E-state index contributed by atoms with van der Waals surface area (Å²) in [6.45, 7) is 0. The molecule has 0 bridgehead atoms. The summed E-state index contributed by atoms with van der Waals surface area (Å²) in [6, 6.07) is 0. The van der Waals surface area contributed by atoms with E-state index >= 15 is 0 Å². The van der Waals surface area contributed by atoms with Crippen molar-refractivity contribution in [2.45, 2.75) is 0 Å². The summed E-state index contributed by atoms with van der Waals surface area (Å²) >= 11 is 0. The van der Waals surface area contributed by atoms with Crippen LogP contribution in [-0.4, -0.2) is 25.9 Å². The van der Waals surface area contributed by atoms with Crippen molar-refractivity contribution in [1.29, 1.82) is 0 Å². The Kier molecular flexibility index (Phi) is 27.5. The van der Waals surface area contributed by atoms with Crippen LogP contribution in [0.3, 0.4) is 0 Å². The van der Waals surface area contributed by atoms with Gasteiger partial charge in [-0.3, -0.25) is 0 Å². The first-order chi connectivity index (χ1) is 4.21. The Morgan fingerprint density at radius 2 is 0.857 bits per heavy atom. The van der Waals surface area contributed by atoms with Crippen LogP contribution in [0.1, 0.15) is 0 Å². The SMILES string of the molecule is O=S(=O)([O-])OOS(=O)(=O)[O-].[Br-].[Na+].[Na+].[Na+]. The molecule has 8 nitrogen and oxygen atoms in total. The van der Waals surface area contributed by atoms with Gasteiger partial charge in [0.1, 0.15) is 0 Å². The van der Waals surface area contributed by atoms with Gasteiger partial charge in [0.2, 0.25) is 20.8 Å². The van der Waals surface area contributed by atoms with Crippen molar-refractivity contribution in [3.8, 4) is 0 Å².